The number of nitriles is 1. The predicted molar refractivity (Wildman–Crippen MR) is 106 cm³/mol. The number of anilines is 1. The Labute approximate surface area is 178 Å². The standard InChI is InChI=1S/C17H26N5O8P/c1-9(2)29-14(24)10(3)21-31(26,27)28-7-11-13(23)17(4,8-18)15(30-11)22-6-5-12(19)20-16(22)25/h5-6,9-11,13,15,23H,7H2,1-4H3,(H2,19,20,25)(H2,21,26,27)/t10-,11+,13+,15+,17+/m0/s1. The van der Waals surface area contributed by atoms with Crippen LogP contribution in [0.15, 0.2) is 17.1 Å². The van der Waals surface area contributed by atoms with Crippen molar-refractivity contribution in [3.8, 4) is 6.07 Å². The highest BCUT2D eigenvalue weighted by molar-refractivity contribution is 7.50. The average molecular weight is 459 g/mol. The van der Waals surface area contributed by atoms with Crippen molar-refractivity contribution in [3.05, 3.63) is 22.7 Å². The van der Waals surface area contributed by atoms with Gasteiger partial charge in [-0.15, -0.1) is 0 Å². The minimum atomic E-state index is -4.51. The van der Waals surface area contributed by atoms with E-state index >= 15 is 0 Å². The molecule has 5 N–H and O–H groups in total. The summed E-state index contributed by atoms with van der Waals surface area (Å²) < 4.78 is 28.8. The van der Waals surface area contributed by atoms with Crippen molar-refractivity contribution in [3.63, 3.8) is 0 Å². The highest BCUT2D eigenvalue weighted by Crippen LogP contribution is 2.46. The van der Waals surface area contributed by atoms with Crippen molar-refractivity contribution in [2.24, 2.45) is 5.41 Å². The maximum Gasteiger partial charge on any atom is 0.403 e. The molecule has 6 atom stereocenters. The zero-order valence-corrected chi connectivity index (χ0v) is 18.4. The topological polar surface area (TPSA) is 199 Å². The summed E-state index contributed by atoms with van der Waals surface area (Å²) in [6.07, 6.45) is -3.12. The molecule has 13 nitrogen and oxygen atoms in total. The third kappa shape index (κ3) is 5.68. The summed E-state index contributed by atoms with van der Waals surface area (Å²) in [5.41, 5.74) is 3.07. The van der Waals surface area contributed by atoms with E-state index in [9.17, 15) is 29.4 Å². The Morgan fingerprint density at radius 1 is 1.55 bits per heavy atom. The number of aliphatic hydroxyl groups is 1. The molecule has 1 aliphatic heterocycles. The molecule has 0 saturated carbocycles. The monoisotopic (exact) mass is 459 g/mol. The van der Waals surface area contributed by atoms with E-state index in [0.717, 1.165) is 4.57 Å². The number of hydrogen-bond donors (Lipinski definition) is 4. The number of hydrogen-bond acceptors (Lipinski definition) is 10. The smallest absolute Gasteiger partial charge is 0.403 e. The van der Waals surface area contributed by atoms with Crippen molar-refractivity contribution >= 4 is 19.5 Å². The summed E-state index contributed by atoms with van der Waals surface area (Å²) in [5, 5.41) is 22.3. The molecule has 2 rings (SSSR count). The van der Waals surface area contributed by atoms with Crippen molar-refractivity contribution < 1.29 is 33.4 Å². The highest BCUT2D eigenvalue weighted by atomic mass is 31.2. The van der Waals surface area contributed by atoms with Gasteiger partial charge >= 0.3 is 19.4 Å². The Kier molecular flexibility index (Phi) is 7.59. The molecule has 0 radical (unpaired) electrons. The zero-order chi connectivity index (χ0) is 23.6. The number of aromatic nitrogens is 2. The van der Waals surface area contributed by atoms with Gasteiger partial charge in [0.1, 0.15) is 29.5 Å². The lowest BCUT2D eigenvalue weighted by molar-refractivity contribution is -0.149. The predicted octanol–water partition coefficient (Wildman–Crippen LogP) is -0.340. The lowest BCUT2D eigenvalue weighted by atomic mass is 9.84. The van der Waals surface area contributed by atoms with Crippen LogP contribution >= 0.6 is 7.75 Å². The van der Waals surface area contributed by atoms with E-state index in [1.807, 2.05) is 6.07 Å². The molecule has 1 aliphatic rings. The Hall–Kier alpha value is -2.33. The molecule has 0 bridgehead atoms. The number of carbonyl (C=O) groups is 1. The van der Waals surface area contributed by atoms with Gasteiger partial charge in [-0.05, 0) is 33.8 Å². The van der Waals surface area contributed by atoms with Gasteiger partial charge in [-0.1, -0.05) is 0 Å². The van der Waals surface area contributed by atoms with Crippen LogP contribution in [0.3, 0.4) is 0 Å². The molecule has 0 aromatic carbocycles. The summed E-state index contributed by atoms with van der Waals surface area (Å²) in [4.78, 5) is 37.5. The molecule has 0 amide bonds. The van der Waals surface area contributed by atoms with Gasteiger partial charge in [-0.2, -0.15) is 10.2 Å². The zero-order valence-electron chi connectivity index (χ0n) is 17.5. The third-order valence-corrected chi connectivity index (χ3v) is 5.82. The second-order valence-corrected chi connectivity index (χ2v) is 9.12. The minimum absolute atomic E-state index is 0.0317. The van der Waals surface area contributed by atoms with E-state index in [0.29, 0.717) is 0 Å². The van der Waals surface area contributed by atoms with E-state index in [1.165, 1.54) is 26.1 Å². The van der Waals surface area contributed by atoms with Crippen LogP contribution in [0.25, 0.3) is 0 Å². The maximum absolute atomic E-state index is 12.3. The van der Waals surface area contributed by atoms with Gasteiger partial charge < -0.3 is 25.2 Å². The average Bonchev–Trinajstić information content (AvgIpc) is 2.91. The summed E-state index contributed by atoms with van der Waals surface area (Å²) in [5.74, 6) is -0.784. The minimum Gasteiger partial charge on any atom is -0.462 e. The molecule has 1 fully saturated rings. The number of rotatable bonds is 8. The highest BCUT2D eigenvalue weighted by Gasteiger charge is 2.55. The molecular formula is C17H26N5O8P. The van der Waals surface area contributed by atoms with Crippen molar-refractivity contribution in [1.29, 1.82) is 5.26 Å². The Bertz CT molecular complexity index is 963. The van der Waals surface area contributed by atoms with Crippen molar-refractivity contribution in [1.82, 2.24) is 14.6 Å². The summed E-state index contributed by atoms with van der Waals surface area (Å²) in [6, 6.07) is 2.09. The van der Waals surface area contributed by atoms with E-state index < -0.39 is 62.0 Å². The number of nitrogens with one attached hydrogen (secondary N) is 1. The number of nitrogens with zero attached hydrogens (tertiary/aromatic N) is 3. The molecule has 2 heterocycles. The summed E-state index contributed by atoms with van der Waals surface area (Å²) in [7, 11) is -4.51. The lowest BCUT2D eigenvalue weighted by Gasteiger charge is -2.25. The van der Waals surface area contributed by atoms with Crippen LogP contribution in [0, 0.1) is 16.7 Å². The fourth-order valence-electron chi connectivity index (χ4n) is 2.97. The molecule has 31 heavy (non-hydrogen) atoms. The fourth-order valence-corrected chi connectivity index (χ4v) is 3.99. The summed E-state index contributed by atoms with van der Waals surface area (Å²) in [6.45, 7) is 5.33. The van der Waals surface area contributed by atoms with Gasteiger partial charge in [-0.25, -0.2) is 14.4 Å². The molecule has 0 spiro atoms. The first kappa shape index (κ1) is 24.9. The van der Waals surface area contributed by atoms with Crippen LogP contribution in [0.2, 0.25) is 0 Å². The van der Waals surface area contributed by atoms with Gasteiger partial charge in [0.2, 0.25) is 0 Å². The number of nitrogens with two attached hydrogens (primary N) is 1. The Balaban J connectivity index is 2.12. The number of ether oxygens (including phenoxy) is 2. The second kappa shape index (κ2) is 9.44. The molecule has 172 valence electrons. The van der Waals surface area contributed by atoms with Crippen LogP contribution in [0.1, 0.15) is 33.9 Å². The summed E-state index contributed by atoms with van der Waals surface area (Å²) >= 11 is 0. The number of nitrogen functional groups attached to an aromatic ring is 1. The first-order valence-electron chi connectivity index (χ1n) is 9.35. The quantitative estimate of drug-likeness (QED) is 0.292. The largest absolute Gasteiger partial charge is 0.462 e. The van der Waals surface area contributed by atoms with E-state index in [4.69, 9.17) is 19.7 Å². The number of aliphatic hydroxyl groups excluding tert-OH is 1. The normalized spacial score (nSPS) is 28.6. The van der Waals surface area contributed by atoms with E-state index in [1.54, 1.807) is 13.8 Å². The van der Waals surface area contributed by atoms with Gasteiger partial charge in [-0.3, -0.25) is 13.9 Å². The molecule has 1 unspecified atom stereocenters. The Morgan fingerprint density at radius 3 is 2.74 bits per heavy atom. The first-order valence-corrected chi connectivity index (χ1v) is 10.9. The molecule has 1 saturated heterocycles. The second-order valence-electron chi connectivity index (χ2n) is 7.56. The van der Waals surface area contributed by atoms with Gasteiger partial charge in [0, 0.05) is 6.20 Å². The van der Waals surface area contributed by atoms with Crippen molar-refractivity contribution in [2.45, 2.75) is 58.3 Å². The van der Waals surface area contributed by atoms with Crippen LogP contribution in [0.4, 0.5) is 5.82 Å². The molecule has 0 aliphatic carbocycles. The van der Waals surface area contributed by atoms with Crippen LogP contribution < -0.4 is 16.5 Å². The SMILES string of the molecule is CC(C)OC(=O)[C@H](C)NP(=O)(O)OC[C@H]1O[C@@H](n2ccc(N)nc2=O)[C@](C)(C#N)[C@@H]1O. The van der Waals surface area contributed by atoms with Gasteiger partial charge in [0.05, 0.1) is 18.8 Å². The van der Waals surface area contributed by atoms with Crippen LogP contribution in [-0.2, 0) is 23.4 Å². The van der Waals surface area contributed by atoms with Crippen LogP contribution in [0.5, 0.6) is 0 Å². The van der Waals surface area contributed by atoms with Gasteiger partial charge in [0.25, 0.3) is 0 Å². The first-order chi connectivity index (χ1) is 14.3. The Morgan fingerprint density at radius 2 is 2.19 bits per heavy atom. The fraction of sp³-hybridized carbons (Fsp3) is 0.647. The maximum atomic E-state index is 12.3. The van der Waals surface area contributed by atoms with Crippen LogP contribution in [-0.4, -0.2) is 56.5 Å². The third-order valence-electron chi connectivity index (χ3n) is 4.60. The molecule has 1 aromatic heterocycles. The van der Waals surface area contributed by atoms with Crippen molar-refractivity contribution in [2.75, 3.05) is 12.3 Å². The molecule has 1 aromatic rings. The molecular weight excluding hydrogens is 433 g/mol. The number of esters is 1. The lowest BCUT2D eigenvalue weighted by Crippen LogP contribution is -2.40. The van der Waals surface area contributed by atoms with E-state index in [-0.39, 0.29) is 5.82 Å². The molecule has 14 heteroatoms. The van der Waals surface area contributed by atoms with Gasteiger partial charge in [0.15, 0.2) is 6.23 Å². The number of carbonyl (C=O) groups excluding carboxylic acids is 1. The van der Waals surface area contributed by atoms with E-state index in [2.05, 4.69) is 10.1 Å².